The highest BCUT2D eigenvalue weighted by atomic mass is 16.1. The van der Waals surface area contributed by atoms with Crippen LogP contribution < -0.4 is 10.6 Å². The van der Waals surface area contributed by atoms with Crippen LogP contribution in [0, 0.1) is 18.3 Å². The van der Waals surface area contributed by atoms with Crippen molar-refractivity contribution in [1.82, 2.24) is 5.32 Å². The predicted octanol–water partition coefficient (Wildman–Crippen LogP) is 2.60. The Morgan fingerprint density at radius 1 is 1.19 bits per heavy atom. The Morgan fingerprint density at radius 2 is 1.95 bits per heavy atom. The predicted molar refractivity (Wildman–Crippen MR) is 82.7 cm³/mol. The standard InChI is InChI=1S/C17H17N3O/c1-13-9-16(8-7-15(13)10-18)19-12-17(21)20-11-14-5-3-2-4-6-14/h2-9,19H,11-12H2,1H3,(H,20,21). The van der Waals surface area contributed by atoms with E-state index in [0.29, 0.717) is 12.1 Å². The van der Waals surface area contributed by atoms with Crippen molar-refractivity contribution >= 4 is 11.6 Å². The Bertz CT molecular complexity index is 659. The highest BCUT2D eigenvalue weighted by Gasteiger charge is 2.03. The zero-order valence-electron chi connectivity index (χ0n) is 11.9. The maximum atomic E-state index is 11.8. The van der Waals surface area contributed by atoms with E-state index >= 15 is 0 Å². The van der Waals surface area contributed by atoms with Crippen LogP contribution in [-0.2, 0) is 11.3 Å². The van der Waals surface area contributed by atoms with Gasteiger partial charge >= 0.3 is 0 Å². The summed E-state index contributed by atoms with van der Waals surface area (Å²) in [7, 11) is 0. The molecule has 2 rings (SSSR count). The molecule has 4 heteroatoms. The van der Waals surface area contributed by atoms with E-state index in [2.05, 4.69) is 16.7 Å². The lowest BCUT2D eigenvalue weighted by Crippen LogP contribution is -2.29. The maximum Gasteiger partial charge on any atom is 0.239 e. The molecular formula is C17H17N3O. The number of nitrogens with one attached hydrogen (secondary N) is 2. The molecule has 0 heterocycles. The number of rotatable bonds is 5. The Balaban J connectivity index is 1.81. The zero-order chi connectivity index (χ0) is 15.1. The molecule has 2 N–H and O–H groups in total. The van der Waals surface area contributed by atoms with Gasteiger partial charge in [-0.1, -0.05) is 30.3 Å². The normalized spacial score (nSPS) is 9.71. The molecule has 0 fully saturated rings. The fourth-order valence-electron chi connectivity index (χ4n) is 1.94. The van der Waals surface area contributed by atoms with Gasteiger partial charge in [-0.2, -0.15) is 5.26 Å². The van der Waals surface area contributed by atoms with Crippen LogP contribution in [0.5, 0.6) is 0 Å². The van der Waals surface area contributed by atoms with E-state index in [9.17, 15) is 4.79 Å². The van der Waals surface area contributed by atoms with Crippen LogP contribution in [-0.4, -0.2) is 12.5 Å². The molecular weight excluding hydrogens is 262 g/mol. The van der Waals surface area contributed by atoms with E-state index in [1.54, 1.807) is 12.1 Å². The third-order valence-electron chi connectivity index (χ3n) is 3.13. The lowest BCUT2D eigenvalue weighted by atomic mass is 10.1. The summed E-state index contributed by atoms with van der Waals surface area (Å²) in [4.78, 5) is 11.8. The summed E-state index contributed by atoms with van der Waals surface area (Å²) in [6, 6.07) is 17.3. The summed E-state index contributed by atoms with van der Waals surface area (Å²) in [5.74, 6) is -0.0686. The van der Waals surface area contributed by atoms with Gasteiger partial charge in [0.2, 0.25) is 5.91 Å². The third-order valence-corrected chi connectivity index (χ3v) is 3.13. The van der Waals surface area contributed by atoms with E-state index in [1.165, 1.54) is 0 Å². The van der Waals surface area contributed by atoms with Crippen molar-refractivity contribution in [2.24, 2.45) is 0 Å². The molecule has 0 aromatic heterocycles. The van der Waals surface area contributed by atoms with Crippen LogP contribution in [0.1, 0.15) is 16.7 Å². The summed E-state index contributed by atoms with van der Waals surface area (Å²) < 4.78 is 0. The summed E-state index contributed by atoms with van der Waals surface area (Å²) >= 11 is 0. The molecule has 1 amide bonds. The number of anilines is 1. The first-order chi connectivity index (χ1) is 10.2. The second-order valence-electron chi connectivity index (χ2n) is 4.76. The smallest absolute Gasteiger partial charge is 0.239 e. The van der Waals surface area contributed by atoms with E-state index in [0.717, 1.165) is 16.8 Å². The molecule has 0 aliphatic carbocycles. The molecule has 0 aliphatic rings. The monoisotopic (exact) mass is 279 g/mol. The van der Waals surface area contributed by atoms with Crippen LogP contribution in [0.25, 0.3) is 0 Å². The summed E-state index contributed by atoms with van der Waals surface area (Å²) in [6.07, 6.45) is 0. The Morgan fingerprint density at radius 3 is 2.62 bits per heavy atom. The van der Waals surface area contributed by atoms with Gasteiger partial charge < -0.3 is 10.6 Å². The van der Waals surface area contributed by atoms with E-state index in [-0.39, 0.29) is 12.5 Å². The number of aryl methyl sites for hydroxylation is 1. The third kappa shape index (κ3) is 4.36. The van der Waals surface area contributed by atoms with Crippen LogP contribution in [0.15, 0.2) is 48.5 Å². The molecule has 0 saturated heterocycles. The maximum absolute atomic E-state index is 11.8. The summed E-state index contributed by atoms with van der Waals surface area (Å²) in [5, 5.41) is 14.8. The second-order valence-corrected chi connectivity index (χ2v) is 4.76. The lowest BCUT2D eigenvalue weighted by molar-refractivity contribution is -0.119. The van der Waals surface area contributed by atoms with Crippen LogP contribution in [0.4, 0.5) is 5.69 Å². The molecule has 4 nitrogen and oxygen atoms in total. The number of hydrogen-bond donors (Lipinski definition) is 2. The summed E-state index contributed by atoms with van der Waals surface area (Å²) in [6.45, 7) is 2.60. The van der Waals surface area contributed by atoms with Crippen molar-refractivity contribution in [3.63, 3.8) is 0 Å². The first-order valence-corrected chi connectivity index (χ1v) is 6.74. The lowest BCUT2D eigenvalue weighted by Gasteiger charge is -2.09. The Hall–Kier alpha value is -2.80. The molecule has 0 saturated carbocycles. The van der Waals surface area contributed by atoms with Crippen molar-refractivity contribution in [2.45, 2.75) is 13.5 Å². The van der Waals surface area contributed by atoms with E-state index in [4.69, 9.17) is 5.26 Å². The topological polar surface area (TPSA) is 64.9 Å². The van der Waals surface area contributed by atoms with Gasteiger partial charge in [0.05, 0.1) is 18.2 Å². The van der Waals surface area contributed by atoms with Crippen LogP contribution in [0.2, 0.25) is 0 Å². The highest BCUT2D eigenvalue weighted by Crippen LogP contribution is 2.13. The molecule has 0 radical (unpaired) electrons. The average molecular weight is 279 g/mol. The van der Waals surface area contributed by atoms with Crippen molar-refractivity contribution in [3.05, 3.63) is 65.2 Å². The molecule has 0 unspecified atom stereocenters. The van der Waals surface area contributed by atoms with Gasteiger partial charge in [0.25, 0.3) is 0 Å². The molecule has 21 heavy (non-hydrogen) atoms. The number of nitrogens with zero attached hydrogens (tertiary/aromatic N) is 1. The van der Waals surface area contributed by atoms with E-state index in [1.807, 2.05) is 43.3 Å². The fourth-order valence-corrected chi connectivity index (χ4v) is 1.94. The fraction of sp³-hybridized carbons (Fsp3) is 0.176. The van der Waals surface area contributed by atoms with Gasteiger partial charge in [0.1, 0.15) is 0 Å². The minimum Gasteiger partial charge on any atom is -0.376 e. The highest BCUT2D eigenvalue weighted by molar-refractivity contribution is 5.80. The first kappa shape index (κ1) is 14.6. The van der Waals surface area contributed by atoms with Gasteiger partial charge in [-0.15, -0.1) is 0 Å². The van der Waals surface area contributed by atoms with Gasteiger partial charge in [-0.05, 0) is 36.2 Å². The van der Waals surface area contributed by atoms with Gasteiger partial charge in [0.15, 0.2) is 0 Å². The van der Waals surface area contributed by atoms with Crippen molar-refractivity contribution in [2.75, 3.05) is 11.9 Å². The second kappa shape index (κ2) is 7.11. The molecule has 106 valence electrons. The largest absolute Gasteiger partial charge is 0.376 e. The number of nitriles is 1. The number of carbonyl (C=O) groups excluding carboxylic acids is 1. The van der Waals surface area contributed by atoms with Gasteiger partial charge in [-0.25, -0.2) is 0 Å². The van der Waals surface area contributed by atoms with Crippen molar-refractivity contribution < 1.29 is 4.79 Å². The molecule has 0 aliphatic heterocycles. The molecule has 0 atom stereocenters. The quantitative estimate of drug-likeness (QED) is 0.884. The van der Waals surface area contributed by atoms with Crippen molar-refractivity contribution in [3.8, 4) is 6.07 Å². The molecule has 0 spiro atoms. The SMILES string of the molecule is Cc1cc(NCC(=O)NCc2ccccc2)ccc1C#N. The Labute approximate surface area is 124 Å². The molecule has 2 aromatic rings. The Kier molecular flexibility index (Phi) is 4.94. The minimum absolute atomic E-state index is 0.0686. The van der Waals surface area contributed by atoms with Gasteiger partial charge in [0, 0.05) is 12.2 Å². The number of carbonyl (C=O) groups is 1. The van der Waals surface area contributed by atoms with Crippen LogP contribution >= 0.6 is 0 Å². The zero-order valence-corrected chi connectivity index (χ0v) is 11.9. The van der Waals surface area contributed by atoms with Gasteiger partial charge in [-0.3, -0.25) is 4.79 Å². The number of benzene rings is 2. The van der Waals surface area contributed by atoms with Crippen LogP contribution in [0.3, 0.4) is 0 Å². The molecule has 2 aromatic carbocycles. The number of amides is 1. The van der Waals surface area contributed by atoms with Crippen molar-refractivity contribution in [1.29, 1.82) is 5.26 Å². The number of hydrogen-bond acceptors (Lipinski definition) is 3. The summed E-state index contributed by atoms with van der Waals surface area (Å²) in [5.41, 5.74) is 3.45. The first-order valence-electron chi connectivity index (χ1n) is 6.74. The minimum atomic E-state index is -0.0686. The van der Waals surface area contributed by atoms with E-state index < -0.39 is 0 Å². The molecule has 0 bridgehead atoms. The average Bonchev–Trinajstić information content (AvgIpc) is 2.52.